The zero-order chi connectivity index (χ0) is 21.8. The third-order valence-corrected chi connectivity index (χ3v) is 5.90. The zero-order valence-electron chi connectivity index (χ0n) is 18.3. The van der Waals surface area contributed by atoms with E-state index < -0.39 is 18.4 Å². The van der Waals surface area contributed by atoms with Crippen LogP contribution in [0.15, 0.2) is 6.20 Å². The first-order valence-corrected chi connectivity index (χ1v) is 10.7. The molecule has 0 bridgehead atoms. The lowest BCUT2D eigenvalue weighted by Crippen LogP contribution is -2.41. The molecule has 2 heterocycles. The molecule has 8 heteroatoms. The predicted octanol–water partition coefficient (Wildman–Crippen LogP) is 2.67. The first-order valence-electron chi connectivity index (χ1n) is 10.7. The van der Waals surface area contributed by atoms with Gasteiger partial charge in [-0.05, 0) is 57.9 Å². The summed E-state index contributed by atoms with van der Waals surface area (Å²) in [6.07, 6.45) is 4.06. The van der Waals surface area contributed by atoms with E-state index in [1.54, 1.807) is 39.0 Å². The Morgan fingerprint density at radius 1 is 1.37 bits per heavy atom. The second-order valence-corrected chi connectivity index (χ2v) is 7.92. The summed E-state index contributed by atoms with van der Waals surface area (Å²) in [6.45, 7) is 6.23. The van der Waals surface area contributed by atoms with E-state index in [0.29, 0.717) is 12.2 Å². The minimum absolute atomic E-state index is 0.246. The largest absolute Gasteiger partial charge is 0.461 e. The van der Waals surface area contributed by atoms with E-state index in [0.717, 1.165) is 42.1 Å². The topological polar surface area (TPSA) is 108 Å². The van der Waals surface area contributed by atoms with Crippen molar-refractivity contribution in [1.82, 2.24) is 14.9 Å². The van der Waals surface area contributed by atoms with E-state index in [1.807, 2.05) is 0 Å². The van der Waals surface area contributed by atoms with Gasteiger partial charge < -0.3 is 24.7 Å². The van der Waals surface area contributed by atoms with Crippen LogP contribution in [0, 0.1) is 0 Å². The summed E-state index contributed by atoms with van der Waals surface area (Å²) in [4.78, 5) is 22.0. The van der Waals surface area contributed by atoms with Crippen molar-refractivity contribution in [3.8, 4) is 0 Å². The van der Waals surface area contributed by atoms with Gasteiger partial charge in [0.15, 0.2) is 5.69 Å². The Morgan fingerprint density at radius 2 is 2.10 bits per heavy atom. The van der Waals surface area contributed by atoms with Gasteiger partial charge in [0, 0.05) is 30.3 Å². The van der Waals surface area contributed by atoms with Gasteiger partial charge in [-0.1, -0.05) is 0 Å². The second-order valence-electron chi connectivity index (χ2n) is 7.92. The molecule has 0 amide bonds. The highest BCUT2D eigenvalue weighted by molar-refractivity contribution is 5.97. The maximum atomic E-state index is 12.5. The van der Waals surface area contributed by atoms with Crippen molar-refractivity contribution in [2.24, 2.45) is 0 Å². The van der Waals surface area contributed by atoms with Crippen LogP contribution in [0.5, 0.6) is 0 Å². The number of carbonyl (C=O) groups excluding carboxylic acids is 1. The van der Waals surface area contributed by atoms with Gasteiger partial charge in [0.1, 0.15) is 12.5 Å². The van der Waals surface area contributed by atoms with Crippen LogP contribution in [0.25, 0.3) is 10.9 Å². The fourth-order valence-corrected chi connectivity index (χ4v) is 4.59. The highest BCUT2D eigenvalue weighted by Gasteiger charge is 2.30. The normalized spacial score (nSPS) is 18.4. The van der Waals surface area contributed by atoms with E-state index in [4.69, 9.17) is 9.47 Å². The third kappa shape index (κ3) is 4.51. The van der Waals surface area contributed by atoms with Crippen LogP contribution in [-0.2, 0) is 22.5 Å². The summed E-state index contributed by atoms with van der Waals surface area (Å²) in [7, 11) is 1.60. The minimum atomic E-state index is -0.723. The minimum Gasteiger partial charge on any atom is -0.461 e. The van der Waals surface area contributed by atoms with Crippen molar-refractivity contribution in [1.29, 1.82) is 0 Å². The van der Waals surface area contributed by atoms with Gasteiger partial charge in [-0.15, -0.1) is 0 Å². The van der Waals surface area contributed by atoms with Gasteiger partial charge in [-0.3, -0.25) is 4.90 Å². The summed E-state index contributed by atoms with van der Waals surface area (Å²) >= 11 is 0. The lowest BCUT2D eigenvalue weighted by atomic mass is 9.82. The van der Waals surface area contributed by atoms with Crippen LogP contribution in [0.2, 0.25) is 0 Å². The van der Waals surface area contributed by atoms with Gasteiger partial charge in [-0.25, -0.2) is 9.78 Å². The van der Waals surface area contributed by atoms with E-state index in [9.17, 15) is 15.0 Å². The Kier molecular flexibility index (Phi) is 7.46. The molecule has 1 aliphatic carbocycles. The molecule has 0 aromatic carbocycles. The zero-order valence-corrected chi connectivity index (χ0v) is 18.3. The van der Waals surface area contributed by atoms with Gasteiger partial charge in [-0.2, -0.15) is 0 Å². The highest BCUT2D eigenvalue weighted by atomic mass is 16.5. The van der Waals surface area contributed by atoms with E-state index in [-0.39, 0.29) is 19.1 Å². The molecule has 1 aliphatic rings. The molecular formula is C22H33N3O5. The summed E-state index contributed by atoms with van der Waals surface area (Å²) in [5, 5.41) is 21.0. The van der Waals surface area contributed by atoms with Crippen LogP contribution in [0.4, 0.5) is 0 Å². The van der Waals surface area contributed by atoms with Gasteiger partial charge in [0.05, 0.1) is 24.9 Å². The van der Waals surface area contributed by atoms with Gasteiger partial charge in [0.25, 0.3) is 0 Å². The van der Waals surface area contributed by atoms with Crippen molar-refractivity contribution in [3.05, 3.63) is 28.7 Å². The third-order valence-electron chi connectivity index (χ3n) is 5.90. The second kappa shape index (κ2) is 9.87. The van der Waals surface area contributed by atoms with Crippen LogP contribution >= 0.6 is 0 Å². The lowest BCUT2D eigenvalue weighted by Gasteiger charge is -2.31. The molecule has 2 aromatic rings. The number of H-pyrrole nitrogens is 1. The fraction of sp³-hybridized carbons (Fsp3) is 0.636. The summed E-state index contributed by atoms with van der Waals surface area (Å²) in [5.41, 5.74) is 4.32. The number of aliphatic hydroxyl groups is 2. The van der Waals surface area contributed by atoms with Crippen molar-refractivity contribution in [2.45, 2.75) is 71.4 Å². The number of pyridine rings is 1. The SMILES string of the molecule is CCOC(=O)c1ncc2[nH]c3c(c2c1COC)C(CCN(C(C)O)C(C)O)CCC3. The van der Waals surface area contributed by atoms with Crippen molar-refractivity contribution in [3.63, 3.8) is 0 Å². The number of esters is 1. The maximum Gasteiger partial charge on any atom is 0.357 e. The van der Waals surface area contributed by atoms with Gasteiger partial charge in [0.2, 0.25) is 0 Å². The molecule has 8 nitrogen and oxygen atoms in total. The fourth-order valence-electron chi connectivity index (χ4n) is 4.59. The molecule has 0 fully saturated rings. The number of aliphatic hydroxyl groups excluding tert-OH is 2. The first-order chi connectivity index (χ1) is 14.4. The van der Waals surface area contributed by atoms with Crippen molar-refractivity contribution in [2.75, 3.05) is 20.3 Å². The summed E-state index contributed by atoms with van der Waals surface area (Å²) in [6, 6.07) is 0. The molecular weight excluding hydrogens is 386 g/mol. The predicted molar refractivity (Wildman–Crippen MR) is 113 cm³/mol. The molecule has 3 rings (SSSR count). The number of carbonyl (C=O) groups is 1. The quantitative estimate of drug-likeness (QED) is 0.424. The molecule has 0 radical (unpaired) electrons. The molecule has 2 aromatic heterocycles. The first kappa shape index (κ1) is 22.7. The lowest BCUT2D eigenvalue weighted by molar-refractivity contribution is -0.0851. The number of fused-ring (bicyclic) bond motifs is 3. The number of hydrogen-bond donors (Lipinski definition) is 3. The number of hydrogen-bond acceptors (Lipinski definition) is 7. The maximum absolute atomic E-state index is 12.5. The molecule has 0 spiro atoms. The summed E-state index contributed by atoms with van der Waals surface area (Å²) in [5.74, 6) is -0.196. The average molecular weight is 420 g/mol. The number of ether oxygens (including phenoxy) is 2. The molecule has 3 atom stereocenters. The number of methoxy groups -OCH3 is 1. The van der Waals surface area contributed by atoms with E-state index in [1.165, 1.54) is 11.3 Å². The molecule has 3 unspecified atom stereocenters. The Morgan fingerprint density at radius 3 is 2.73 bits per heavy atom. The number of aromatic amines is 1. The van der Waals surface area contributed by atoms with Gasteiger partial charge >= 0.3 is 5.97 Å². The van der Waals surface area contributed by atoms with Crippen molar-refractivity contribution >= 4 is 16.9 Å². The van der Waals surface area contributed by atoms with Crippen molar-refractivity contribution < 1.29 is 24.5 Å². The Bertz CT molecular complexity index is 869. The average Bonchev–Trinajstić information content (AvgIpc) is 3.08. The highest BCUT2D eigenvalue weighted by Crippen LogP contribution is 2.41. The van der Waals surface area contributed by atoms with Crippen LogP contribution in [0.3, 0.4) is 0 Å². The number of rotatable bonds is 9. The Hall–Kier alpha value is -2.00. The molecule has 166 valence electrons. The number of nitrogens with zero attached hydrogens (tertiary/aromatic N) is 2. The van der Waals surface area contributed by atoms with Crippen LogP contribution < -0.4 is 0 Å². The van der Waals surface area contributed by atoms with E-state index in [2.05, 4.69) is 9.97 Å². The molecule has 3 N–H and O–H groups in total. The van der Waals surface area contributed by atoms with E-state index >= 15 is 0 Å². The number of nitrogens with one attached hydrogen (secondary N) is 1. The number of aromatic nitrogens is 2. The van der Waals surface area contributed by atoms with Crippen LogP contribution in [0.1, 0.15) is 73.3 Å². The molecule has 0 saturated carbocycles. The Balaban J connectivity index is 2.04. The molecule has 0 aliphatic heterocycles. The standard InChI is InChI=1S/C22H33N3O5/c1-5-30-22(28)21-16(12-29-4)20-18(11-23-21)24-17-8-6-7-15(19(17)20)9-10-25(13(2)26)14(3)27/h11,13-15,24,26-27H,5-10,12H2,1-4H3. The molecule has 30 heavy (non-hydrogen) atoms. The number of aryl methyl sites for hydroxylation is 1. The summed E-state index contributed by atoms with van der Waals surface area (Å²) < 4.78 is 10.6. The Labute approximate surface area is 177 Å². The molecule has 0 saturated heterocycles. The smallest absolute Gasteiger partial charge is 0.357 e. The van der Waals surface area contributed by atoms with Crippen LogP contribution in [-0.4, -0.2) is 63.8 Å². The monoisotopic (exact) mass is 419 g/mol.